The number of alkyl halides is 1. The van der Waals surface area contributed by atoms with Crippen molar-refractivity contribution in [1.29, 1.82) is 0 Å². The van der Waals surface area contributed by atoms with Gasteiger partial charge >= 0.3 is 5.97 Å². The Balaban J connectivity index is 2.65. The summed E-state index contributed by atoms with van der Waals surface area (Å²) in [4.78, 5) is 11.0. The van der Waals surface area contributed by atoms with Crippen LogP contribution in [-0.2, 0) is 22.4 Å². The van der Waals surface area contributed by atoms with Crippen LogP contribution in [0.5, 0.6) is 0 Å². The summed E-state index contributed by atoms with van der Waals surface area (Å²) < 4.78 is 5.27. The molecule has 94 valence electrons. The minimum atomic E-state index is -0.442. The molecule has 1 rings (SSSR count). The second-order valence-corrected chi connectivity index (χ2v) is 5.58. The Kier molecular flexibility index (Phi) is 5.19. The molecule has 0 saturated heterocycles. The van der Waals surface area contributed by atoms with Gasteiger partial charge in [0, 0.05) is 18.7 Å². The molecular formula is C14H19BrO2. The van der Waals surface area contributed by atoms with Crippen LogP contribution in [0, 0.1) is 0 Å². The minimum Gasteiger partial charge on any atom is -0.460 e. The minimum absolute atomic E-state index is 0.231. The van der Waals surface area contributed by atoms with Crippen LogP contribution in [0.4, 0.5) is 0 Å². The van der Waals surface area contributed by atoms with Crippen molar-refractivity contribution in [2.75, 3.05) is 5.33 Å². The number of ether oxygens (including phenoxy) is 1. The quantitative estimate of drug-likeness (QED) is 0.614. The van der Waals surface area contributed by atoms with Gasteiger partial charge in [-0.25, -0.2) is 0 Å². The number of rotatable bonds is 5. The van der Waals surface area contributed by atoms with Gasteiger partial charge in [-0.05, 0) is 31.4 Å². The first kappa shape index (κ1) is 14.2. The fraction of sp³-hybridized carbons (Fsp3) is 0.500. The maximum atomic E-state index is 11.0. The molecule has 2 nitrogen and oxygen atoms in total. The number of benzene rings is 1. The van der Waals surface area contributed by atoms with Gasteiger partial charge in [0.25, 0.3) is 0 Å². The summed E-state index contributed by atoms with van der Waals surface area (Å²) in [6.45, 7) is 5.31. The lowest BCUT2D eigenvalue weighted by Gasteiger charge is -2.24. The van der Waals surface area contributed by atoms with Gasteiger partial charge in [-0.1, -0.05) is 40.2 Å². The molecule has 0 radical (unpaired) electrons. The number of carbonyl (C=O) groups excluding carboxylic acids is 1. The molecule has 0 aromatic heterocycles. The number of aryl methyl sites for hydroxylation is 1. The van der Waals surface area contributed by atoms with E-state index >= 15 is 0 Å². The Hall–Kier alpha value is -0.830. The zero-order valence-corrected chi connectivity index (χ0v) is 12.2. The third-order valence-corrected chi connectivity index (χ3v) is 2.85. The maximum absolute atomic E-state index is 11.0. The van der Waals surface area contributed by atoms with E-state index in [0.29, 0.717) is 0 Å². The van der Waals surface area contributed by atoms with Gasteiger partial charge in [0.2, 0.25) is 0 Å². The first-order valence-corrected chi connectivity index (χ1v) is 6.88. The van der Waals surface area contributed by atoms with Crippen LogP contribution in [0.2, 0.25) is 0 Å². The number of hydrogen-bond donors (Lipinski definition) is 0. The van der Waals surface area contributed by atoms with Gasteiger partial charge in [0.1, 0.15) is 5.60 Å². The van der Waals surface area contributed by atoms with E-state index in [1.807, 2.05) is 13.8 Å². The Morgan fingerprint density at radius 2 is 1.76 bits per heavy atom. The second kappa shape index (κ2) is 6.20. The first-order chi connectivity index (χ1) is 7.93. The highest BCUT2D eigenvalue weighted by molar-refractivity contribution is 9.09. The fourth-order valence-corrected chi connectivity index (χ4v) is 2.31. The molecule has 1 aromatic rings. The van der Waals surface area contributed by atoms with Gasteiger partial charge < -0.3 is 4.74 Å². The summed E-state index contributed by atoms with van der Waals surface area (Å²) >= 11 is 3.42. The zero-order valence-electron chi connectivity index (χ0n) is 10.6. The van der Waals surface area contributed by atoms with E-state index in [-0.39, 0.29) is 5.97 Å². The predicted molar refractivity (Wildman–Crippen MR) is 73.5 cm³/mol. The highest BCUT2D eigenvalue weighted by Gasteiger charge is 2.21. The van der Waals surface area contributed by atoms with Crippen LogP contribution in [0.15, 0.2) is 24.3 Å². The van der Waals surface area contributed by atoms with Crippen LogP contribution in [-0.4, -0.2) is 16.9 Å². The number of carbonyl (C=O) groups is 1. The molecule has 0 bridgehead atoms. The van der Waals surface area contributed by atoms with Crippen LogP contribution in [0.3, 0.4) is 0 Å². The third kappa shape index (κ3) is 5.35. The highest BCUT2D eigenvalue weighted by atomic mass is 79.9. The van der Waals surface area contributed by atoms with E-state index in [2.05, 4.69) is 40.2 Å². The van der Waals surface area contributed by atoms with E-state index in [1.165, 1.54) is 18.1 Å². The molecule has 0 amide bonds. The molecule has 0 aliphatic carbocycles. The average molecular weight is 299 g/mol. The topological polar surface area (TPSA) is 26.3 Å². The Labute approximate surface area is 111 Å². The van der Waals surface area contributed by atoms with Crippen LogP contribution >= 0.6 is 15.9 Å². The number of hydrogen-bond acceptors (Lipinski definition) is 2. The molecule has 0 unspecified atom stereocenters. The molecule has 0 spiro atoms. The Bertz CT molecular complexity index is 368. The molecule has 1 aromatic carbocycles. The lowest BCUT2D eigenvalue weighted by Crippen LogP contribution is -2.29. The second-order valence-electron chi connectivity index (χ2n) is 4.79. The van der Waals surface area contributed by atoms with E-state index in [0.717, 1.165) is 18.2 Å². The van der Waals surface area contributed by atoms with E-state index in [9.17, 15) is 4.79 Å². The highest BCUT2D eigenvalue weighted by Crippen LogP contribution is 2.18. The van der Waals surface area contributed by atoms with Crippen molar-refractivity contribution < 1.29 is 9.53 Å². The Morgan fingerprint density at radius 1 is 1.24 bits per heavy atom. The van der Waals surface area contributed by atoms with Crippen LogP contribution in [0.25, 0.3) is 0 Å². The molecule has 0 atom stereocenters. The van der Waals surface area contributed by atoms with E-state index < -0.39 is 5.60 Å². The standard InChI is InChI=1S/C14H19BrO2/c1-11(16)17-14(2,3)10-13-6-4-12(5-7-13)8-9-15/h4-7H,8-10H2,1-3H3. The van der Waals surface area contributed by atoms with Crippen molar-refractivity contribution >= 4 is 21.9 Å². The third-order valence-electron chi connectivity index (χ3n) is 2.46. The fourth-order valence-electron chi connectivity index (χ4n) is 1.85. The van der Waals surface area contributed by atoms with Crippen LogP contribution in [0.1, 0.15) is 31.9 Å². The van der Waals surface area contributed by atoms with Crippen molar-refractivity contribution in [3.8, 4) is 0 Å². The Morgan fingerprint density at radius 3 is 2.24 bits per heavy atom. The zero-order chi connectivity index (χ0) is 12.9. The molecule has 0 fully saturated rings. The van der Waals surface area contributed by atoms with Gasteiger partial charge in [0.15, 0.2) is 0 Å². The molecule has 0 aliphatic rings. The smallest absolute Gasteiger partial charge is 0.303 e. The maximum Gasteiger partial charge on any atom is 0.303 e. The van der Waals surface area contributed by atoms with Gasteiger partial charge in [-0.15, -0.1) is 0 Å². The molecule has 0 saturated carbocycles. The summed E-state index contributed by atoms with van der Waals surface area (Å²) in [5.74, 6) is -0.231. The average Bonchev–Trinajstić information content (AvgIpc) is 2.18. The van der Waals surface area contributed by atoms with Crippen LogP contribution < -0.4 is 0 Å². The van der Waals surface area contributed by atoms with E-state index in [1.54, 1.807) is 0 Å². The molecule has 0 aliphatic heterocycles. The first-order valence-electron chi connectivity index (χ1n) is 5.76. The molecule has 3 heteroatoms. The van der Waals surface area contributed by atoms with Gasteiger partial charge in [0.05, 0.1) is 0 Å². The molecule has 17 heavy (non-hydrogen) atoms. The van der Waals surface area contributed by atoms with Gasteiger partial charge in [-0.3, -0.25) is 4.79 Å². The summed E-state index contributed by atoms with van der Waals surface area (Å²) in [5.41, 5.74) is 2.06. The summed E-state index contributed by atoms with van der Waals surface area (Å²) in [7, 11) is 0. The molecule has 0 N–H and O–H groups in total. The van der Waals surface area contributed by atoms with Gasteiger partial charge in [-0.2, -0.15) is 0 Å². The SMILES string of the molecule is CC(=O)OC(C)(C)Cc1ccc(CCBr)cc1. The lowest BCUT2D eigenvalue weighted by molar-refractivity contribution is -0.153. The molecule has 0 heterocycles. The van der Waals surface area contributed by atoms with E-state index in [4.69, 9.17) is 4.74 Å². The summed E-state index contributed by atoms with van der Waals surface area (Å²) in [5, 5.41) is 0.977. The largest absolute Gasteiger partial charge is 0.460 e. The predicted octanol–water partition coefficient (Wildman–Crippen LogP) is 3.51. The molecular weight excluding hydrogens is 280 g/mol. The van der Waals surface area contributed by atoms with Crippen molar-refractivity contribution in [1.82, 2.24) is 0 Å². The summed E-state index contributed by atoms with van der Waals surface area (Å²) in [6, 6.07) is 8.45. The van der Waals surface area contributed by atoms with Crippen molar-refractivity contribution in [2.24, 2.45) is 0 Å². The number of halogens is 1. The lowest BCUT2D eigenvalue weighted by atomic mass is 9.97. The van der Waals surface area contributed by atoms with Crippen molar-refractivity contribution in [3.63, 3.8) is 0 Å². The number of esters is 1. The van der Waals surface area contributed by atoms with Crippen molar-refractivity contribution in [3.05, 3.63) is 35.4 Å². The summed E-state index contributed by atoms with van der Waals surface area (Å²) in [6.07, 6.45) is 1.77. The van der Waals surface area contributed by atoms with Crippen molar-refractivity contribution in [2.45, 2.75) is 39.2 Å². The normalized spacial score (nSPS) is 11.3. The monoisotopic (exact) mass is 298 g/mol.